The molecule has 1 fully saturated rings. The van der Waals surface area contributed by atoms with E-state index in [1.807, 2.05) is 36.3 Å². The lowest BCUT2D eigenvalue weighted by atomic mass is 10.0. The van der Waals surface area contributed by atoms with Gasteiger partial charge in [-0.1, -0.05) is 13.0 Å². The van der Waals surface area contributed by atoms with E-state index in [1.165, 1.54) is 5.56 Å². The van der Waals surface area contributed by atoms with Crippen molar-refractivity contribution in [3.8, 4) is 5.88 Å². The number of nitrogens with one attached hydrogen (secondary N) is 1. The molecular formula is C20H30N6O. The van der Waals surface area contributed by atoms with E-state index < -0.39 is 0 Å². The highest BCUT2D eigenvalue weighted by atomic mass is 16.5. The average molecular weight is 371 g/mol. The number of aryl methyl sites for hydroxylation is 1. The fraction of sp³-hybridized carbons (Fsp3) is 0.550. The van der Waals surface area contributed by atoms with Crippen LogP contribution in [0.4, 0.5) is 0 Å². The Kier molecular flexibility index (Phi) is 6.68. The summed E-state index contributed by atoms with van der Waals surface area (Å²) in [5, 5.41) is 7.73. The summed E-state index contributed by atoms with van der Waals surface area (Å²) < 4.78 is 7.41. The molecule has 2 aromatic heterocycles. The standard InChI is InChI=1S/C20H30N6O/c1-4-10-27-19-7-6-16(11-22-19)12-23-20(21-5-2)26-9-8-17(15-26)18-13-24-25(3)14-18/h6-7,11,13-14,17H,4-5,8-10,12,15H2,1-3H3,(H,21,23). The first-order chi connectivity index (χ1) is 13.2. The van der Waals surface area contributed by atoms with Gasteiger partial charge >= 0.3 is 0 Å². The van der Waals surface area contributed by atoms with Crippen LogP contribution in [0.25, 0.3) is 0 Å². The van der Waals surface area contributed by atoms with Crippen LogP contribution >= 0.6 is 0 Å². The van der Waals surface area contributed by atoms with Crippen molar-refractivity contribution in [3.63, 3.8) is 0 Å². The molecule has 3 heterocycles. The van der Waals surface area contributed by atoms with Crippen molar-refractivity contribution in [2.24, 2.45) is 12.0 Å². The molecule has 7 heteroatoms. The maximum atomic E-state index is 5.54. The molecule has 1 unspecified atom stereocenters. The quantitative estimate of drug-likeness (QED) is 0.599. The summed E-state index contributed by atoms with van der Waals surface area (Å²) in [6, 6.07) is 3.95. The van der Waals surface area contributed by atoms with Crippen molar-refractivity contribution >= 4 is 5.96 Å². The van der Waals surface area contributed by atoms with Gasteiger partial charge in [0.25, 0.3) is 0 Å². The van der Waals surface area contributed by atoms with Crippen LogP contribution in [0, 0.1) is 0 Å². The smallest absolute Gasteiger partial charge is 0.213 e. The highest BCUT2D eigenvalue weighted by Crippen LogP contribution is 2.26. The van der Waals surface area contributed by atoms with Crippen molar-refractivity contribution in [2.45, 2.75) is 39.2 Å². The Morgan fingerprint density at radius 2 is 2.22 bits per heavy atom. The van der Waals surface area contributed by atoms with Gasteiger partial charge in [0.05, 0.1) is 19.3 Å². The fourth-order valence-electron chi connectivity index (χ4n) is 3.26. The summed E-state index contributed by atoms with van der Waals surface area (Å²) >= 11 is 0. The van der Waals surface area contributed by atoms with Crippen LogP contribution in [-0.4, -0.2) is 51.9 Å². The number of ether oxygens (including phenoxy) is 1. The molecule has 0 aliphatic carbocycles. The predicted octanol–water partition coefficient (Wildman–Crippen LogP) is 2.56. The summed E-state index contributed by atoms with van der Waals surface area (Å²) in [7, 11) is 1.97. The first-order valence-electron chi connectivity index (χ1n) is 9.79. The predicted molar refractivity (Wildman–Crippen MR) is 107 cm³/mol. The number of guanidine groups is 1. The van der Waals surface area contributed by atoms with E-state index in [2.05, 4.69) is 40.3 Å². The lowest BCUT2D eigenvalue weighted by Crippen LogP contribution is -2.40. The molecule has 1 aliphatic heterocycles. The van der Waals surface area contributed by atoms with Crippen LogP contribution in [0.15, 0.2) is 35.7 Å². The minimum atomic E-state index is 0.513. The Morgan fingerprint density at radius 3 is 2.89 bits per heavy atom. The maximum Gasteiger partial charge on any atom is 0.213 e. The summed E-state index contributed by atoms with van der Waals surface area (Å²) in [6.45, 7) is 8.33. The molecule has 0 aromatic carbocycles. The second-order valence-corrected chi connectivity index (χ2v) is 6.90. The fourth-order valence-corrected chi connectivity index (χ4v) is 3.26. The molecule has 1 aliphatic rings. The molecule has 7 nitrogen and oxygen atoms in total. The third-order valence-electron chi connectivity index (χ3n) is 4.68. The Hall–Kier alpha value is -2.57. The maximum absolute atomic E-state index is 5.54. The van der Waals surface area contributed by atoms with Gasteiger partial charge in [0.1, 0.15) is 0 Å². The van der Waals surface area contributed by atoms with Crippen LogP contribution < -0.4 is 10.1 Å². The van der Waals surface area contributed by atoms with Gasteiger partial charge in [0.2, 0.25) is 5.88 Å². The lowest BCUT2D eigenvalue weighted by Gasteiger charge is -2.21. The molecule has 27 heavy (non-hydrogen) atoms. The molecule has 0 spiro atoms. The van der Waals surface area contributed by atoms with Crippen LogP contribution in [-0.2, 0) is 13.6 Å². The van der Waals surface area contributed by atoms with Gasteiger partial charge in [-0.25, -0.2) is 9.98 Å². The Balaban J connectivity index is 1.61. The average Bonchev–Trinajstić information content (AvgIpc) is 3.33. The van der Waals surface area contributed by atoms with Gasteiger partial charge in [0.15, 0.2) is 5.96 Å². The molecule has 0 bridgehead atoms. The van der Waals surface area contributed by atoms with E-state index in [0.29, 0.717) is 24.9 Å². The van der Waals surface area contributed by atoms with Gasteiger partial charge in [-0.15, -0.1) is 0 Å². The van der Waals surface area contributed by atoms with Crippen LogP contribution in [0.1, 0.15) is 43.7 Å². The molecule has 1 saturated heterocycles. The van der Waals surface area contributed by atoms with E-state index in [-0.39, 0.29) is 0 Å². The minimum Gasteiger partial charge on any atom is -0.478 e. The third kappa shape index (κ3) is 5.21. The van der Waals surface area contributed by atoms with E-state index in [9.17, 15) is 0 Å². The Bertz CT molecular complexity index is 739. The van der Waals surface area contributed by atoms with Gasteiger partial charge in [-0.2, -0.15) is 5.10 Å². The number of pyridine rings is 1. The van der Waals surface area contributed by atoms with Crippen molar-refractivity contribution < 1.29 is 4.74 Å². The monoisotopic (exact) mass is 370 g/mol. The zero-order chi connectivity index (χ0) is 19.1. The normalized spacial score (nSPS) is 17.4. The molecule has 1 atom stereocenters. The summed E-state index contributed by atoms with van der Waals surface area (Å²) in [4.78, 5) is 11.5. The third-order valence-corrected chi connectivity index (χ3v) is 4.68. The van der Waals surface area contributed by atoms with Gasteiger partial charge in [0, 0.05) is 51.1 Å². The summed E-state index contributed by atoms with van der Waals surface area (Å²) in [5.74, 6) is 2.16. The SMILES string of the molecule is CCCOc1ccc(CN=C(NCC)N2CCC(c3cnn(C)c3)C2)cn1. The second-order valence-electron chi connectivity index (χ2n) is 6.90. The van der Waals surface area contributed by atoms with Gasteiger partial charge in [-0.05, 0) is 30.9 Å². The van der Waals surface area contributed by atoms with E-state index >= 15 is 0 Å². The van der Waals surface area contributed by atoms with Gasteiger partial charge in [-0.3, -0.25) is 4.68 Å². The van der Waals surface area contributed by atoms with Crippen molar-refractivity contribution in [3.05, 3.63) is 41.9 Å². The highest BCUT2D eigenvalue weighted by Gasteiger charge is 2.26. The first kappa shape index (κ1) is 19.2. The lowest BCUT2D eigenvalue weighted by molar-refractivity contribution is 0.305. The van der Waals surface area contributed by atoms with E-state index in [1.54, 1.807) is 0 Å². The van der Waals surface area contributed by atoms with Crippen LogP contribution in [0.5, 0.6) is 5.88 Å². The number of rotatable bonds is 7. The molecule has 0 radical (unpaired) electrons. The summed E-state index contributed by atoms with van der Waals surface area (Å²) in [5.41, 5.74) is 2.39. The highest BCUT2D eigenvalue weighted by molar-refractivity contribution is 5.80. The van der Waals surface area contributed by atoms with Crippen LogP contribution in [0.3, 0.4) is 0 Å². The topological polar surface area (TPSA) is 67.6 Å². The number of aromatic nitrogens is 3. The number of aliphatic imine (C=N–C) groups is 1. The minimum absolute atomic E-state index is 0.513. The zero-order valence-electron chi connectivity index (χ0n) is 16.6. The second kappa shape index (κ2) is 9.39. The zero-order valence-corrected chi connectivity index (χ0v) is 16.6. The molecule has 2 aromatic rings. The molecule has 3 rings (SSSR count). The number of likely N-dealkylation sites (tertiary alicyclic amines) is 1. The van der Waals surface area contributed by atoms with Crippen molar-refractivity contribution in [1.82, 2.24) is 25.0 Å². The first-order valence-corrected chi connectivity index (χ1v) is 9.79. The molecule has 1 N–H and O–H groups in total. The number of hydrogen-bond acceptors (Lipinski definition) is 4. The van der Waals surface area contributed by atoms with Gasteiger partial charge < -0.3 is 15.0 Å². The van der Waals surface area contributed by atoms with Crippen molar-refractivity contribution in [2.75, 3.05) is 26.2 Å². The molecule has 146 valence electrons. The Morgan fingerprint density at radius 1 is 1.33 bits per heavy atom. The molecular weight excluding hydrogens is 340 g/mol. The van der Waals surface area contributed by atoms with E-state index in [0.717, 1.165) is 44.0 Å². The van der Waals surface area contributed by atoms with Crippen molar-refractivity contribution in [1.29, 1.82) is 0 Å². The summed E-state index contributed by atoms with van der Waals surface area (Å²) in [6.07, 6.45) is 8.05. The number of hydrogen-bond donors (Lipinski definition) is 1. The van der Waals surface area contributed by atoms with Crippen LogP contribution in [0.2, 0.25) is 0 Å². The molecule has 0 saturated carbocycles. The molecule has 0 amide bonds. The Labute approximate surface area is 161 Å². The number of nitrogens with zero attached hydrogens (tertiary/aromatic N) is 5. The van der Waals surface area contributed by atoms with E-state index in [4.69, 9.17) is 9.73 Å². The largest absolute Gasteiger partial charge is 0.478 e.